The number of halogens is 1. The highest BCUT2D eigenvalue weighted by molar-refractivity contribution is 5.85. The average Bonchev–Trinajstić information content (AvgIpc) is 2.34. The average molecular weight is 179 g/mol. The third-order valence-electron chi connectivity index (χ3n) is 2.00. The molecule has 2 rings (SSSR count). The molecule has 11 heavy (non-hydrogen) atoms. The third kappa shape index (κ3) is 1.47. The van der Waals surface area contributed by atoms with Crippen LogP contribution in [0, 0.1) is 0 Å². The minimum Gasteiger partial charge on any atom is -0.448 e. The van der Waals surface area contributed by atoms with Crippen LogP contribution < -0.4 is 5.32 Å². The minimum absolute atomic E-state index is 0. The highest BCUT2D eigenvalue weighted by Crippen LogP contribution is 2.11. The molecule has 0 aromatic heterocycles. The second kappa shape index (κ2) is 3.38. The Morgan fingerprint density at radius 1 is 1.64 bits per heavy atom. The van der Waals surface area contributed by atoms with Gasteiger partial charge in [-0.2, -0.15) is 0 Å². The molecule has 0 bridgehead atoms. The number of nitrogens with zero attached hydrogens (tertiary/aromatic N) is 1. The van der Waals surface area contributed by atoms with Gasteiger partial charge in [-0.25, -0.2) is 0 Å². The van der Waals surface area contributed by atoms with Crippen molar-refractivity contribution < 1.29 is 9.53 Å². The summed E-state index contributed by atoms with van der Waals surface area (Å²) >= 11 is 0. The van der Waals surface area contributed by atoms with Crippen molar-refractivity contribution in [3.05, 3.63) is 0 Å². The molecule has 0 radical (unpaired) electrons. The molecule has 1 N–H and O–H groups in total. The van der Waals surface area contributed by atoms with Crippen LogP contribution in [-0.4, -0.2) is 43.3 Å². The molecular formula is C6H11ClN2O2. The molecule has 2 heterocycles. The zero-order valence-corrected chi connectivity index (χ0v) is 6.89. The van der Waals surface area contributed by atoms with Crippen LogP contribution in [0.2, 0.25) is 0 Å². The Morgan fingerprint density at radius 2 is 2.45 bits per heavy atom. The van der Waals surface area contributed by atoms with E-state index < -0.39 is 0 Å². The molecule has 0 spiro atoms. The fourth-order valence-electron chi connectivity index (χ4n) is 1.38. The number of cyclic esters (lactones) is 1. The summed E-state index contributed by atoms with van der Waals surface area (Å²) in [6.45, 7) is 3.13. The molecule has 0 amide bonds. The largest absolute Gasteiger partial charge is 0.448 e. The van der Waals surface area contributed by atoms with E-state index in [-0.39, 0.29) is 24.4 Å². The van der Waals surface area contributed by atoms with Crippen molar-refractivity contribution in [3.8, 4) is 0 Å². The van der Waals surface area contributed by atoms with E-state index in [9.17, 15) is 4.79 Å². The lowest BCUT2D eigenvalue weighted by molar-refractivity contribution is -0.139. The minimum atomic E-state index is -0.0767. The number of piperazine rings is 1. The van der Waals surface area contributed by atoms with Gasteiger partial charge in [0.1, 0.15) is 12.8 Å². The van der Waals surface area contributed by atoms with Crippen molar-refractivity contribution in [2.45, 2.75) is 6.04 Å². The molecule has 1 unspecified atom stereocenters. The SMILES string of the molecule is Cl.O=C1OCN2CCNCC12. The second-order valence-corrected chi connectivity index (χ2v) is 2.62. The summed E-state index contributed by atoms with van der Waals surface area (Å²) in [6.07, 6.45) is 0. The number of carbonyl (C=O) groups is 1. The lowest BCUT2D eigenvalue weighted by atomic mass is 10.2. The van der Waals surface area contributed by atoms with E-state index in [0.717, 1.165) is 19.6 Å². The first-order valence-corrected chi connectivity index (χ1v) is 3.49. The number of hydrogen-bond acceptors (Lipinski definition) is 4. The number of ether oxygens (including phenoxy) is 1. The Hall–Kier alpha value is -0.320. The van der Waals surface area contributed by atoms with Gasteiger partial charge in [0.15, 0.2) is 0 Å². The Kier molecular flexibility index (Phi) is 2.70. The van der Waals surface area contributed by atoms with Crippen molar-refractivity contribution in [2.24, 2.45) is 0 Å². The zero-order chi connectivity index (χ0) is 6.97. The highest BCUT2D eigenvalue weighted by Gasteiger charge is 2.35. The van der Waals surface area contributed by atoms with E-state index in [4.69, 9.17) is 4.74 Å². The molecule has 0 aromatic rings. The van der Waals surface area contributed by atoms with Crippen molar-refractivity contribution >= 4 is 18.4 Å². The van der Waals surface area contributed by atoms with E-state index in [1.54, 1.807) is 0 Å². The monoisotopic (exact) mass is 178 g/mol. The first kappa shape index (κ1) is 8.77. The van der Waals surface area contributed by atoms with Crippen molar-refractivity contribution in [1.82, 2.24) is 10.2 Å². The maximum atomic E-state index is 10.9. The van der Waals surface area contributed by atoms with Gasteiger partial charge in [-0.15, -0.1) is 12.4 Å². The van der Waals surface area contributed by atoms with Crippen LogP contribution in [0.5, 0.6) is 0 Å². The summed E-state index contributed by atoms with van der Waals surface area (Å²) in [5, 5.41) is 3.14. The molecular weight excluding hydrogens is 168 g/mol. The summed E-state index contributed by atoms with van der Waals surface area (Å²) in [5.41, 5.74) is 0. The Bertz CT molecular complexity index is 165. The summed E-state index contributed by atoms with van der Waals surface area (Å²) in [5.74, 6) is -0.0767. The van der Waals surface area contributed by atoms with E-state index >= 15 is 0 Å². The topological polar surface area (TPSA) is 41.6 Å². The maximum Gasteiger partial charge on any atom is 0.326 e. The van der Waals surface area contributed by atoms with Crippen molar-refractivity contribution in [3.63, 3.8) is 0 Å². The number of carbonyl (C=O) groups excluding carboxylic acids is 1. The third-order valence-corrected chi connectivity index (χ3v) is 2.00. The van der Waals surface area contributed by atoms with Crippen LogP contribution in [0.4, 0.5) is 0 Å². The first-order chi connectivity index (χ1) is 4.88. The van der Waals surface area contributed by atoms with Crippen LogP contribution in [0.1, 0.15) is 0 Å². The Morgan fingerprint density at radius 3 is 3.18 bits per heavy atom. The smallest absolute Gasteiger partial charge is 0.326 e. The van der Waals surface area contributed by atoms with Crippen LogP contribution in [0.3, 0.4) is 0 Å². The molecule has 2 fully saturated rings. The maximum absolute atomic E-state index is 10.9. The highest BCUT2D eigenvalue weighted by atomic mass is 35.5. The van der Waals surface area contributed by atoms with Gasteiger partial charge in [0.2, 0.25) is 0 Å². The predicted molar refractivity (Wildman–Crippen MR) is 41.6 cm³/mol. The Labute approximate surface area is 71.3 Å². The Balaban J connectivity index is 0.000000605. The normalized spacial score (nSPS) is 30.5. The van der Waals surface area contributed by atoms with E-state index in [1.165, 1.54) is 0 Å². The number of fused-ring (bicyclic) bond motifs is 1. The molecule has 0 saturated carbocycles. The number of hydrogen-bond donors (Lipinski definition) is 1. The molecule has 0 aromatic carbocycles. The lowest BCUT2D eigenvalue weighted by Crippen LogP contribution is -2.49. The molecule has 2 saturated heterocycles. The van der Waals surface area contributed by atoms with Gasteiger partial charge in [-0.3, -0.25) is 9.69 Å². The van der Waals surface area contributed by atoms with Gasteiger partial charge in [-0.05, 0) is 0 Å². The van der Waals surface area contributed by atoms with Gasteiger partial charge in [-0.1, -0.05) is 0 Å². The zero-order valence-electron chi connectivity index (χ0n) is 6.08. The van der Waals surface area contributed by atoms with Crippen LogP contribution in [0.15, 0.2) is 0 Å². The first-order valence-electron chi connectivity index (χ1n) is 3.49. The standard InChI is InChI=1S/C6H10N2O2.ClH/c9-6-5-3-7-1-2-8(5)4-10-6;/h5,7H,1-4H2;1H. The van der Waals surface area contributed by atoms with Gasteiger partial charge < -0.3 is 10.1 Å². The van der Waals surface area contributed by atoms with E-state index in [1.807, 2.05) is 0 Å². The van der Waals surface area contributed by atoms with Crippen LogP contribution in [-0.2, 0) is 9.53 Å². The number of nitrogens with one attached hydrogen (secondary N) is 1. The van der Waals surface area contributed by atoms with E-state index in [2.05, 4.69) is 10.2 Å². The van der Waals surface area contributed by atoms with Gasteiger partial charge in [0, 0.05) is 19.6 Å². The summed E-state index contributed by atoms with van der Waals surface area (Å²) < 4.78 is 4.85. The van der Waals surface area contributed by atoms with Crippen molar-refractivity contribution in [1.29, 1.82) is 0 Å². The molecule has 2 aliphatic rings. The predicted octanol–water partition coefficient (Wildman–Crippen LogP) is -0.804. The summed E-state index contributed by atoms with van der Waals surface area (Å²) in [4.78, 5) is 13.0. The molecule has 0 aliphatic carbocycles. The van der Waals surface area contributed by atoms with Gasteiger partial charge in [0.05, 0.1) is 0 Å². The fraction of sp³-hybridized carbons (Fsp3) is 0.833. The summed E-state index contributed by atoms with van der Waals surface area (Å²) in [7, 11) is 0. The molecule has 1 atom stereocenters. The molecule has 4 nitrogen and oxygen atoms in total. The van der Waals surface area contributed by atoms with Gasteiger partial charge in [0.25, 0.3) is 0 Å². The molecule has 2 aliphatic heterocycles. The van der Waals surface area contributed by atoms with Crippen molar-refractivity contribution in [2.75, 3.05) is 26.4 Å². The van der Waals surface area contributed by atoms with Crippen LogP contribution >= 0.6 is 12.4 Å². The van der Waals surface area contributed by atoms with Gasteiger partial charge >= 0.3 is 5.97 Å². The second-order valence-electron chi connectivity index (χ2n) is 2.62. The lowest BCUT2D eigenvalue weighted by Gasteiger charge is -2.25. The number of esters is 1. The quantitative estimate of drug-likeness (QED) is 0.493. The summed E-state index contributed by atoms with van der Waals surface area (Å²) in [6, 6.07) is -0.00579. The molecule has 5 heteroatoms. The fourth-order valence-corrected chi connectivity index (χ4v) is 1.38. The molecule has 64 valence electrons. The van der Waals surface area contributed by atoms with E-state index in [0.29, 0.717) is 6.73 Å². The number of rotatable bonds is 0. The van der Waals surface area contributed by atoms with Crippen LogP contribution in [0.25, 0.3) is 0 Å².